The van der Waals surface area contributed by atoms with E-state index in [1.165, 1.54) is 0 Å². The summed E-state index contributed by atoms with van der Waals surface area (Å²) in [4.78, 5) is 2.59. The standard InChI is InChI=1S/C27H34N2O5S/c1-4-34-25-15-19-18-11-12-27(3)22(9-10-26(27)31)20(18)13-23(21(19)14-24(25)30)28-29-35(32,33)17-7-5-16(2)6-8-17/h5-8,14-15,18,20,22,26,29-31H,4,9-13H2,1-3H3/b28-23+/t18-,20-,22+,26+,27+/m1/s1. The maximum absolute atomic E-state index is 12.9. The smallest absolute Gasteiger partial charge is 0.276 e. The average molecular weight is 499 g/mol. The summed E-state index contributed by atoms with van der Waals surface area (Å²) in [5, 5.41) is 25.8. The highest BCUT2D eigenvalue weighted by molar-refractivity contribution is 7.89. The van der Waals surface area contributed by atoms with Crippen LogP contribution in [0.3, 0.4) is 0 Å². The molecule has 3 aliphatic rings. The lowest BCUT2D eigenvalue weighted by Gasteiger charge is -2.50. The molecule has 3 N–H and O–H groups in total. The molecule has 0 spiro atoms. The Kier molecular flexibility index (Phi) is 6.08. The van der Waals surface area contributed by atoms with E-state index in [0.29, 0.717) is 30.4 Å². The molecule has 2 aromatic rings. The number of phenols is 1. The zero-order chi connectivity index (χ0) is 25.0. The van der Waals surface area contributed by atoms with Gasteiger partial charge in [-0.3, -0.25) is 0 Å². The Bertz CT molecular complexity index is 1260. The van der Waals surface area contributed by atoms with E-state index < -0.39 is 10.0 Å². The van der Waals surface area contributed by atoms with E-state index in [2.05, 4.69) is 16.9 Å². The van der Waals surface area contributed by atoms with E-state index in [-0.39, 0.29) is 34.0 Å². The Morgan fingerprint density at radius 2 is 1.91 bits per heavy atom. The lowest BCUT2D eigenvalue weighted by atomic mass is 9.55. The van der Waals surface area contributed by atoms with Gasteiger partial charge < -0.3 is 14.9 Å². The molecule has 3 aliphatic carbocycles. The second-order valence-corrected chi connectivity index (χ2v) is 12.2. The van der Waals surface area contributed by atoms with E-state index in [1.807, 2.05) is 19.9 Å². The van der Waals surface area contributed by atoms with Crippen LogP contribution in [0.25, 0.3) is 0 Å². The van der Waals surface area contributed by atoms with Crippen LogP contribution in [0.1, 0.15) is 68.6 Å². The second kappa shape index (κ2) is 8.82. The number of hydrazone groups is 1. The van der Waals surface area contributed by atoms with Crippen molar-refractivity contribution in [1.29, 1.82) is 0 Å². The number of phenolic OH excluding ortho intramolecular Hbond substituents is 1. The van der Waals surface area contributed by atoms with Crippen LogP contribution in [-0.4, -0.2) is 37.1 Å². The molecule has 5 atom stereocenters. The third-order valence-corrected chi connectivity index (χ3v) is 9.81. The molecular weight excluding hydrogens is 464 g/mol. The fraction of sp³-hybridized carbons (Fsp3) is 0.519. The van der Waals surface area contributed by atoms with Gasteiger partial charge in [0.15, 0.2) is 11.5 Å². The van der Waals surface area contributed by atoms with Gasteiger partial charge in [-0.05, 0) is 98.9 Å². The van der Waals surface area contributed by atoms with Crippen molar-refractivity contribution in [2.45, 2.75) is 69.8 Å². The minimum absolute atomic E-state index is 0.0232. The lowest BCUT2D eigenvalue weighted by Crippen LogP contribution is -2.45. The highest BCUT2D eigenvalue weighted by Crippen LogP contribution is 2.61. The van der Waals surface area contributed by atoms with Crippen LogP contribution in [0.15, 0.2) is 46.4 Å². The molecule has 8 heteroatoms. The van der Waals surface area contributed by atoms with Gasteiger partial charge in [-0.1, -0.05) is 24.6 Å². The topological polar surface area (TPSA) is 108 Å². The number of hydrogen-bond acceptors (Lipinski definition) is 6. The van der Waals surface area contributed by atoms with Gasteiger partial charge in [0.2, 0.25) is 0 Å². The molecule has 0 heterocycles. The summed E-state index contributed by atoms with van der Waals surface area (Å²) < 4.78 is 31.6. The maximum atomic E-state index is 12.9. The number of aliphatic hydroxyl groups excluding tert-OH is 1. The minimum Gasteiger partial charge on any atom is -0.504 e. The number of sulfonamides is 1. The second-order valence-electron chi connectivity index (χ2n) is 10.5. The highest BCUT2D eigenvalue weighted by atomic mass is 32.2. The maximum Gasteiger partial charge on any atom is 0.276 e. The number of rotatable bonds is 5. The van der Waals surface area contributed by atoms with Gasteiger partial charge >= 0.3 is 0 Å². The van der Waals surface area contributed by atoms with E-state index in [9.17, 15) is 18.6 Å². The highest BCUT2D eigenvalue weighted by Gasteiger charge is 2.55. The zero-order valence-electron chi connectivity index (χ0n) is 20.5. The van der Waals surface area contributed by atoms with Gasteiger partial charge in [0.1, 0.15) is 0 Å². The molecule has 0 aromatic heterocycles. The van der Waals surface area contributed by atoms with Crippen molar-refractivity contribution in [3.8, 4) is 11.5 Å². The van der Waals surface area contributed by atoms with Crippen molar-refractivity contribution < 1.29 is 23.4 Å². The third-order valence-electron chi connectivity index (χ3n) is 8.59. The Balaban J connectivity index is 1.56. The molecule has 7 nitrogen and oxygen atoms in total. The number of ether oxygens (including phenoxy) is 1. The summed E-state index contributed by atoms with van der Waals surface area (Å²) in [6.45, 7) is 6.41. The Morgan fingerprint density at radius 3 is 2.63 bits per heavy atom. The predicted octanol–water partition coefficient (Wildman–Crippen LogP) is 4.46. The van der Waals surface area contributed by atoms with Crippen LogP contribution in [0.2, 0.25) is 0 Å². The summed E-state index contributed by atoms with van der Waals surface area (Å²) >= 11 is 0. The quantitative estimate of drug-likeness (QED) is 0.528. The van der Waals surface area contributed by atoms with E-state index in [4.69, 9.17) is 4.74 Å². The molecule has 35 heavy (non-hydrogen) atoms. The minimum atomic E-state index is -3.84. The molecule has 0 bridgehead atoms. The fourth-order valence-electron chi connectivity index (χ4n) is 6.67. The van der Waals surface area contributed by atoms with Crippen molar-refractivity contribution in [3.63, 3.8) is 0 Å². The van der Waals surface area contributed by atoms with E-state index >= 15 is 0 Å². The molecule has 0 unspecified atom stereocenters. The summed E-state index contributed by atoms with van der Waals surface area (Å²) in [6.07, 6.45) is 3.90. The summed E-state index contributed by atoms with van der Waals surface area (Å²) in [7, 11) is -3.84. The Labute approximate surface area is 207 Å². The lowest BCUT2D eigenvalue weighted by molar-refractivity contribution is -0.0177. The molecule has 2 saturated carbocycles. The first-order valence-corrected chi connectivity index (χ1v) is 14.0. The molecule has 0 radical (unpaired) electrons. The number of nitrogens with zero attached hydrogens (tertiary/aromatic N) is 1. The summed E-state index contributed by atoms with van der Waals surface area (Å²) in [5.74, 6) is 1.27. The van der Waals surface area contributed by atoms with Crippen LogP contribution in [0.5, 0.6) is 11.5 Å². The SMILES string of the molecule is CCOc1cc2c(cc1O)/C(=N/NS(=O)(=O)c1ccc(C)cc1)C[C@@H]1[C@@H]2CC[C@]2(C)[C@@H](O)CC[C@@H]12. The molecule has 2 aromatic carbocycles. The van der Waals surface area contributed by atoms with Crippen LogP contribution in [0, 0.1) is 24.2 Å². The van der Waals surface area contributed by atoms with E-state index in [0.717, 1.165) is 42.4 Å². The van der Waals surface area contributed by atoms with Crippen LogP contribution >= 0.6 is 0 Å². The summed E-state index contributed by atoms with van der Waals surface area (Å²) in [6, 6.07) is 10.2. The number of fused-ring (bicyclic) bond motifs is 5. The molecule has 0 aliphatic heterocycles. The number of nitrogens with one attached hydrogen (secondary N) is 1. The Morgan fingerprint density at radius 1 is 1.17 bits per heavy atom. The largest absolute Gasteiger partial charge is 0.504 e. The number of benzene rings is 2. The number of aliphatic hydroxyl groups is 1. The van der Waals surface area contributed by atoms with Crippen molar-refractivity contribution in [1.82, 2.24) is 4.83 Å². The monoisotopic (exact) mass is 498 g/mol. The normalized spacial score (nSPS) is 30.9. The molecule has 0 saturated heterocycles. The number of hydrogen-bond donors (Lipinski definition) is 3. The molecule has 2 fully saturated rings. The van der Waals surface area contributed by atoms with E-state index in [1.54, 1.807) is 30.3 Å². The molecular formula is C27H34N2O5S. The molecule has 188 valence electrons. The van der Waals surface area contributed by atoms with Gasteiger partial charge in [-0.2, -0.15) is 18.4 Å². The number of aromatic hydroxyl groups is 1. The van der Waals surface area contributed by atoms with Gasteiger partial charge in [0.25, 0.3) is 10.0 Å². The summed E-state index contributed by atoms with van der Waals surface area (Å²) in [5.41, 5.74) is 3.26. The Hall–Kier alpha value is -2.58. The fourth-order valence-corrected chi connectivity index (χ4v) is 7.50. The third kappa shape index (κ3) is 4.10. The molecule has 0 amide bonds. The van der Waals surface area contributed by atoms with Crippen molar-refractivity contribution in [2.24, 2.45) is 22.4 Å². The van der Waals surface area contributed by atoms with Crippen molar-refractivity contribution in [3.05, 3.63) is 53.1 Å². The average Bonchev–Trinajstić information content (AvgIpc) is 3.13. The van der Waals surface area contributed by atoms with Gasteiger partial charge in [-0.25, -0.2) is 0 Å². The van der Waals surface area contributed by atoms with Gasteiger partial charge in [-0.15, -0.1) is 0 Å². The van der Waals surface area contributed by atoms with Crippen LogP contribution < -0.4 is 9.57 Å². The first kappa shape index (κ1) is 24.1. The van der Waals surface area contributed by atoms with Crippen molar-refractivity contribution in [2.75, 3.05) is 6.61 Å². The number of aryl methyl sites for hydroxylation is 1. The predicted molar refractivity (Wildman–Crippen MR) is 134 cm³/mol. The van der Waals surface area contributed by atoms with Gasteiger partial charge in [0, 0.05) is 5.56 Å². The van der Waals surface area contributed by atoms with Crippen molar-refractivity contribution >= 4 is 15.7 Å². The first-order valence-electron chi connectivity index (χ1n) is 12.5. The first-order chi connectivity index (χ1) is 16.6. The molecule has 5 rings (SSSR count). The van der Waals surface area contributed by atoms with Crippen LogP contribution in [0.4, 0.5) is 0 Å². The van der Waals surface area contributed by atoms with Crippen LogP contribution in [-0.2, 0) is 10.0 Å². The zero-order valence-corrected chi connectivity index (χ0v) is 21.3. The van der Waals surface area contributed by atoms with Gasteiger partial charge in [0.05, 0.1) is 23.3 Å².